The Morgan fingerprint density at radius 2 is 1.96 bits per heavy atom. The van der Waals surface area contributed by atoms with E-state index in [4.69, 9.17) is 0 Å². The fraction of sp³-hybridized carbons (Fsp3) is 0.294. The maximum atomic E-state index is 13.2. The highest BCUT2D eigenvalue weighted by atomic mass is 32.2. The molecule has 0 saturated carbocycles. The number of likely N-dealkylation sites (N-methyl/N-ethyl adjacent to an activating group) is 1. The summed E-state index contributed by atoms with van der Waals surface area (Å²) in [7, 11) is -2.67. The molecule has 1 aliphatic heterocycles. The minimum Gasteiger partial charge on any atom is -0.505 e. The van der Waals surface area contributed by atoms with Crippen molar-refractivity contribution in [3.63, 3.8) is 0 Å². The van der Waals surface area contributed by atoms with Gasteiger partial charge in [0.15, 0.2) is 16.6 Å². The van der Waals surface area contributed by atoms with Gasteiger partial charge in [0.25, 0.3) is 15.9 Å². The van der Waals surface area contributed by atoms with Crippen molar-refractivity contribution < 1.29 is 18.3 Å². The standard InChI is InChI=1S/C17H19N3O4S2/c1-10(2)20(17-18-9-11(3)25-17)16(22)14-15(21)12-7-5-6-8-13(12)26(23,24)19(14)4/h5-10,21H,1-4H3. The zero-order valence-electron chi connectivity index (χ0n) is 14.8. The quantitative estimate of drug-likeness (QED) is 0.866. The first-order valence-corrected chi connectivity index (χ1v) is 10.2. The first kappa shape index (κ1) is 18.4. The van der Waals surface area contributed by atoms with Crippen molar-refractivity contribution in [2.24, 2.45) is 0 Å². The third-order valence-corrected chi connectivity index (χ3v) is 6.80. The molecule has 2 aromatic rings. The van der Waals surface area contributed by atoms with Gasteiger partial charge in [0.05, 0.1) is 4.90 Å². The van der Waals surface area contributed by atoms with Crippen molar-refractivity contribution in [3.05, 3.63) is 46.6 Å². The number of anilines is 1. The summed E-state index contributed by atoms with van der Waals surface area (Å²) in [6.45, 7) is 5.48. The topological polar surface area (TPSA) is 90.8 Å². The monoisotopic (exact) mass is 393 g/mol. The molecule has 1 amide bonds. The van der Waals surface area contributed by atoms with Gasteiger partial charge in [-0.25, -0.2) is 13.4 Å². The van der Waals surface area contributed by atoms with Crippen LogP contribution in [0.3, 0.4) is 0 Å². The van der Waals surface area contributed by atoms with Crippen LogP contribution in [0.25, 0.3) is 5.76 Å². The molecule has 1 N–H and O–H groups in total. The van der Waals surface area contributed by atoms with Crippen LogP contribution in [0, 0.1) is 6.92 Å². The molecule has 3 rings (SSSR count). The van der Waals surface area contributed by atoms with Crippen molar-refractivity contribution in [2.45, 2.75) is 31.7 Å². The van der Waals surface area contributed by atoms with E-state index < -0.39 is 15.9 Å². The largest absolute Gasteiger partial charge is 0.505 e. The van der Waals surface area contributed by atoms with E-state index in [2.05, 4.69) is 4.98 Å². The Balaban J connectivity index is 2.19. The van der Waals surface area contributed by atoms with Crippen LogP contribution < -0.4 is 4.90 Å². The summed E-state index contributed by atoms with van der Waals surface area (Å²) in [5, 5.41) is 11.1. The molecule has 1 aliphatic rings. The lowest BCUT2D eigenvalue weighted by atomic mass is 10.1. The molecule has 0 fully saturated rings. The molecular weight excluding hydrogens is 374 g/mol. The third-order valence-electron chi connectivity index (χ3n) is 4.07. The second-order valence-electron chi connectivity index (χ2n) is 6.19. The molecular formula is C17H19N3O4S2. The first-order chi connectivity index (χ1) is 12.2. The van der Waals surface area contributed by atoms with Gasteiger partial charge in [0.1, 0.15) is 0 Å². The average Bonchev–Trinajstić information content (AvgIpc) is 2.99. The number of benzene rings is 1. The number of carbonyl (C=O) groups is 1. The van der Waals surface area contributed by atoms with E-state index in [9.17, 15) is 18.3 Å². The molecule has 2 heterocycles. The van der Waals surface area contributed by atoms with Crippen LogP contribution >= 0.6 is 11.3 Å². The number of nitrogens with zero attached hydrogens (tertiary/aromatic N) is 3. The second-order valence-corrected chi connectivity index (χ2v) is 9.34. The summed E-state index contributed by atoms with van der Waals surface area (Å²) in [5.74, 6) is -0.978. The molecule has 0 atom stereocenters. The van der Waals surface area contributed by atoms with E-state index in [1.54, 1.807) is 32.2 Å². The van der Waals surface area contributed by atoms with Crippen molar-refractivity contribution in [3.8, 4) is 0 Å². The maximum absolute atomic E-state index is 13.2. The molecule has 1 aromatic carbocycles. The van der Waals surface area contributed by atoms with Gasteiger partial charge in [0.2, 0.25) is 0 Å². The van der Waals surface area contributed by atoms with E-state index in [0.717, 1.165) is 9.18 Å². The number of thiazole rings is 1. The van der Waals surface area contributed by atoms with Crippen molar-refractivity contribution >= 4 is 38.2 Å². The molecule has 0 bridgehead atoms. The fourth-order valence-corrected chi connectivity index (χ4v) is 5.06. The zero-order valence-corrected chi connectivity index (χ0v) is 16.4. The molecule has 0 radical (unpaired) electrons. The van der Waals surface area contributed by atoms with Crippen LogP contribution in [0.4, 0.5) is 5.13 Å². The number of aliphatic hydroxyl groups excluding tert-OH is 1. The highest BCUT2D eigenvalue weighted by Crippen LogP contribution is 2.36. The number of rotatable bonds is 3. The SMILES string of the molecule is Cc1cnc(N(C(=O)C2=C(O)c3ccccc3S(=O)(=O)N2C)C(C)C)s1. The second kappa shape index (κ2) is 6.40. The minimum atomic E-state index is -3.93. The Morgan fingerprint density at radius 3 is 2.54 bits per heavy atom. The molecule has 0 aliphatic carbocycles. The lowest BCUT2D eigenvalue weighted by Gasteiger charge is -2.32. The van der Waals surface area contributed by atoms with Gasteiger partial charge in [-0.05, 0) is 32.9 Å². The smallest absolute Gasteiger partial charge is 0.281 e. The van der Waals surface area contributed by atoms with Crippen LogP contribution in [0.2, 0.25) is 0 Å². The van der Waals surface area contributed by atoms with E-state index in [0.29, 0.717) is 5.13 Å². The lowest BCUT2D eigenvalue weighted by Crippen LogP contribution is -2.44. The minimum absolute atomic E-state index is 0.0299. The van der Waals surface area contributed by atoms with Crippen LogP contribution in [0.15, 0.2) is 41.1 Å². The van der Waals surface area contributed by atoms with Crippen molar-refractivity contribution in [1.29, 1.82) is 0 Å². The molecule has 7 nitrogen and oxygen atoms in total. The molecule has 0 saturated heterocycles. The summed E-state index contributed by atoms with van der Waals surface area (Å²) in [6, 6.07) is 5.80. The van der Waals surface area contributed by atoms with Crippen LogP contribution in [-0.4, -0.2) is 41.8 Å². The normalized spacial score (nSPS) is 16.0. The summed E-state index contributed by atoms with van der Waals surface area (Å²) < 4.78 is 26.4. The number of carbonyl (C=O) groups excluding carboxylic acids is 1. The number of hydrogen-bond donors (Lipinski definition) is 1. The number of amides is 1. The molecule has 9 heteroatoms. The van der Waals surface area contributed by atoms with Gasteiger partial charge < -0.3 is 5.11 Å². The van der Waals surface area contributed by atoms with Crippen LogP contribution in [0.1, 0.15) is 24.3 Å². The Bertz CT molecular complexity index is 1010. The van der Waals surface area contributed by atoms with Crippen LogP contribution in [-0.2, 0) is 14.8 Å². The summed E-state index contributed by atoms with van der Waals surface area (Å²) in [5.41, 5.74) is -0.168. The van der Waals surface area contributed by atoms with Crippen LogP contribution in [0.5, 0.6) is 0 Å². The van der Waals surface area contributed by atoms with Crippen molar-refractivity contribution in [1.82, 2.24) is 9.29 Å². The number of sulfonamides is 1. The fourth-order valence-electron chi connectivity index (χ4n) is 2.78. The molecule has 0 unspecified atom stereocenters. The van der Waals surface area contributed by atoms with E-state index in [1.165, 1.54) is 35.4 Å². The Kier molecular flexibility index (Phi) is 4.53. The van der Waals surface area contributed by atoms with Gasteiger partial charge in [-0.15, -0.1) is 11.3 Å². The van der Waals surface area contributed by atoms with E-state index in [-0.39, 0.29) is 28.0 Å². The van der Waals surface area contributed by atoms with Gasteiger partial charge in [0, 0.05) is 29.7 Å². The van der Waals surface area contributed by atoms with Gasteiger partial charge in [-0.1, -0.05) is 12.1 Å². The van der Waals surface area contributed by atoms with Gasteiger partial charge in [-0.3, -0.25) is 14.0 Å². The average molecular weight is 393 g/mol. The van der Waals surface area contributed by atoms with Gasteiger partial charge in [-0.2, -0.15) is 0 Å². The molecule has 138 valence electrons. The molecule has 1 aromatic heterocycles. The Morgan fingerprint density at radius 1 is 1.31 bits per heavy atom. The van der Waals surface area contributed by atoms with Gasteiger partial charge >= 0.3 is 0 Å². The first-order valence-electron chi connectivity index (χ1n) is 7.93. The predicted octanol–water partition coefficient (Wildman–Crippen LogP) is 2.75. The lowest BCUT2D eigenvalue weighted by molar-refractivity contribution is -0.116. The Hall–Kier alpha value is -2.39. The maximum Gasteiger partial charge on any atom is 0.281 e. The number of aryl methyl sites for hydroxylation is 1. The van der Waals surface area contributed by atoms with E-state index >= 15 is 0 Å². The third kappa shape index (κ3) is 2.77. The van der Waals surface area contributed by atoms with E-state index in [1.807, 2.05) is 6.92 Å². The number of fused-ring (bicyclic) bond motifs is 1. The highest BCUT2D eigenvalue weighted by Gasteiger charge is 2.40. The molecule has 0 spiro atoms. The van der Waals surface area contributed by atoms with Crippen molar-refractivity contribution in [2.75, 3.05) is 11.9 Å². The number of aliphatic hydroxyl groups is 1. The summed E-state index contributed by atoms with van der Waals surface area (Å²) in [4.78, 5) is 19.8. The summed E-state index contributed by atoms with van der Waals surface area (Å²) >= 11 is 1.33. The molecule has 26 heavy (non-hydrogen) atoms. The predicted molar refractivity (Wildman–Crippen MR) is 100 cm³/mol. The number of aromatic nitrogens is 1. The summed E-state index contributed by atoms with van der Waals surface area (Å²) in [6.07, 6.45) is 1.65. The highest BCUT2D eigenvalue weighted by molar-refractivity contribution is 7.89. The zero-order chi connectivity index (χ0) is 19.2. The number of hydrogen-bond acceptors (Lipinski definition) is 6. The Labute approximate surface area is 156 Å².